The molecule has 5 atom stereocenters. The number of ether oxygens (including phenoxy) is 3. The van der Waals surface area contributed by atoms with Crippen molar-refractivity contribution in [3.05, 3.63) is 71.8 Å². The van der Waals surface area contributed by atoms with Crippen molar-refractivity contribution in [3.8, 4) is 5.75 Å². The summed E-state index contributed by atoms with van der Waals surface area (Å²) in [5.41, 5.74) is 0.875. The van der Waals surface area contributed by atoms with Crippen LogP contribution in [0.4, 0.5) is 4.79 Å². The molecular formula is C41H53N5O10S. The number of sulfonamides is 1. The molecular weight excluding hydrogens is 755 g/mol. The Morgan fingerprint density at radius 2 is 1.70 bits per heavy atom. The first kappa shape index (κ1) is 40.7. The highest BCUT2D eigenvalue weighted by molar-refractivity contribution is 7.90. The molecule has 0 unspecified atom stereocenters. The highest BCUT2D eigenvalue weighted by Crippen LogP contribution is 2.46. The monoisotopic (exact) mass is 807 g/mol. The van der Waals surface area contributed by atoms with Crippen molar-refractivity contribution in [2.24, 2.45) is 5.92 Å². The summed E-state index contributed by atoms with van der Waals surface area (Å²) >= 11 is 0. The number of allylic oxidation sites excluding steroid dienone is 1. The number of hydrogen-bond donors (Lipinski definition) is 3. The van der Waals surface area contributed by atoms with E-state index in [2.05, 4.69) is 27.5 Å². The third kappa shape index (κ3) is 9.79. The van der Waals surface area contributed by atoms with Gasteiger partial charge in [-0.05, 0) is 93.2 Å². The largest absolute Gasteiger partial charge is 0.497 e. The fourth-order valence-corrected chi connectivity index (χ4v) is 9.38. The van der Waals surface area contributed by atoms with Gasteiger partial charge in [0.1, 0.15) is 29.5 Å². The van der Waals surface area contributed by atoms with Crippen LogP contribution in [0, 0.1) is 5.92 Å². The molecule has 4 amide bonds. The maximum Gasteiger partial charge on any atom is 0.408 e. The van der Waals surface area contributed by atoms with E-state index in [1.54, 1.807) is 0 Å². The van der Waals surface area contributed by atoms with Crippen LogP contribution in [0.3, 0.4) is 0 Å². The van der Waals surface area contributed by atoms with Gasteiger partial charge < -0.3 is 29.7 Å². The van der Waals surface area contributed by atoms with Crippen molar-refractivity contribution in [1.82, 2.24) is 25.3 Å². The average molecular weight is 808 g/mol. The Morgan fingerprint density at radius 1 is 0.947 bits per heavy atom. The molecule has 0 aromatic heterocycles. The van der Waals surface area contributed by atoms with Gasteiger partial charge in [0.05, 0.1) is 18.1 Å². The standard InChI is InChI=1S/C41H53N5O10S/c1-53-31-17-19-34(20-18-31)57(51,52)44-39(49)41-24-30(41)13-5-3-2-4-6-16-35(42-40(50)56-32-14-9-10-15-32)38(48)46-26-33(23-36(46)37(47)43-41)54-27-55-45-22-21-28-11-7-8-12-29(28)25-45/h5,7-8,11-13,17-20,30,32-33,35-36H,2-4,6,9-10,14-16,21-27H2,1H3,(H,42,50)(H,43,47)(H,44,49)/b13-5-/t30-,33-,35+,36+,41-/m1/s1. The average Bonchev–Trinajstić information content (AvgIpc) is 3.46. The molecule has 15 nitrogen and oxygen atoms in total. The van der Waals surface area contributed by atoms with Crippen LogP contribution in [0.5, 0.6) is 5.75 Å². The molecule has 7 rings (SSSR count). The van der Waals surface area contributed by atoms with Crippen molar-refractivity contribution in [3.63, 3.8) is 0 Å². The number of benzene rings is 2. The molecule has 3 fully saturated rings. The van der Waals surface area contributed by atoms with E-state index in [-0.39, 0.29) is 37.2 Å². The third-order valence-electron chi connectivity index (χ3n) is 11.7. The predicted molar refractivity (Wildman–Crippen MR) is 207 cm³/mol. The summed E-state index contributed by atoms with van der Waals surface area (Å²) in [4.78, 5) is 63.2. The number of carbonyl (C=O) groups is 4. The van der Waals surface area contributed by atoms with Gasteiger partial charge in [0, 0.05) is 32.0 Å². The number of hydroxylamine groups is 2. The van der Waals surface area contributed by atoms with Crippen LogP contribution in [0.2, 0.25) is 0 Å². The quantitative estimate of drug-likeness (QED) is 0.234. The number of carbonyl (C=O) groups excluding carboxylic acids is 4. The predicted octanol–water partition coefficient (Wildman–Crippen LogP) is 3.87. The Bertz CT molecular complexity index is 1920. The van der Waals surface area contributed by atoms with Crippen LogP contribution in [-0.4, -0.2) is 99.0 Å². The molecule has 1 saturated heterocycles. The van der Waals surface area contributed by atoms with Crippen LogP contribution >= 0.6 is 0 Å². The molecule has 3 aliphatic heterocycles. The van der Waals surface area contributed by atoms with Crippen molar-refractivity contribution in [2.75, 3.05) is 27.0 Å². The second-order valence-corrected chi connectivity index (χ2v) is 17.3. The van der Waals surface area contributed by atoms with Gasteiger partial charge in [-0.2, -0.15) is 5.06 Å². The molecule has 3 N–H and O–H groups in total. The molecule has 2 aliphatic carbocycles. The van der Waals surface area contributed by atoms with Crippen molar-refractivity contribution in [1.29, 1.82) is 0 Å². The van der Waals surface area contributed by atoms with Crippen LogP contribution in [0.1, 0.15) is 81.8 Å². The lowest BCUT2D eigenvalue weighted by molar-refractivity contribution is -0.241. The van der Waals surface area contributed by atoms with Gasteiger partial charge in [0.2, 0.25) is 11.8 Å². The minimum absolute atomic E-state index is 0.0351. The summed E-state index contributed by atoms with van der Waals surface area (Å²) in [5.74, 6) is -1.99. The van der Waals surface area contributed by atoms with Crippen LogP contribution in [0.15, 0.2) is 65.6 Å². The maximum atomic E-state index is 14.5. The third-order valence-corrected chi connectivity index (χ3v) is 13.1. The van der Waals surface area contributed by atoms with Gasteiger partial charge in [0.25, 0.3) is 15.9 Å². The first-order chi connectivity index (χ1) is 27.5. The normalized spacial score (nSPS) is 27.8. The van der Waals surface area contributed by atoms with Gasteiger partial charge >= 0.3 is 6.09 Å². The van der Waals surface area contributed by atoms with Crippen molar-refractivity contribution < 1.29 is 46.6 Å². The number of methoxy groups -OCH3 is 1. The summed E-state index contributed by atoms with van der Waals surface area (Å²) in [6.07, 6.45) is 10.1. The zero-order valence-electron chi connectivity index (χ0n) is 32.4. The van der Waals surface area contributed by atoms with Gasteiger partial charge in [-0.3, -0.25) is 19.2 Å². The summed E-state index contributed by atoms with van der Waals surface area (Å²) in [6.45, 7) is 1.20. The van der Waals surface area contributed by atoms with Gasteiger partial charge in [0.15, 0.2) is 6.79 Å². The van der Waals surface area contributed by atoms with E-state index in [0.29, 0.717) is 38.1 Å². The molecule has 0 radical (unpaired) electrons. The SMILES string of the molecule is COc1ccc(S(=O)(=O)NC(=O)[C@@]23C[C@H]2/C=C\CCCCC[C@H](NC(=O)OC2CCCC2)C(=O)N2C[C@H](OCON4CCc5ccccc5C4)C[C@H]2C(=O)N3)cc1. The smallest absolute Gasteiger partial charge is 0.408 e. The highest BCUT2D eigenvalue weighted by atomic mass is 32.2. The number of nitrogens with one attached hydrogen (secondary N) is 3. The molecule has 3 heterocycles. The van der Waals surface area contributed by atoms with E-state index in [4.69, 9.17) is 19.0 Å². The summed E-state index contributed by atoms with van der Waals surface area (Å²) in [5, 5.41) is 7.51. The maximum absolute atomic E-state index is 14.5. The Kier molecular flexibility index (Phi) is 12.8. The summed E-state index contributed by atoms with van der Waals surface area (Å²) in [7, 11) is -2.85. The number of alkyl carbamates (subject to hydrolysis) is 1. The Balaban J connectivity index is 1.09. The zero-order chi connectivity index (χ0) is 40.0. The van der Waals surface area contributed by atoms with Crippen molar-refractivity contribution in [2.45, 2.75) is 118 Å². The first-order valence-electron chi connectivity index (χ1n) is 20.1. The molecule has 57 heavy (non-hydrogen) atoms. The van der Waals surface area contributed by atoms with Crippen LogP contribution < -0.4 is 20.1 Å². The van der Waals surface area contributed by atoms with Gasteiger partial charge in [-0.1, -0.05) is 49.3 Å². The Morgan fingerprint density at radius 3 is 2.47 bits per heavy atom. The lowest BCUT2D eigenvalue weighted by Crippen LogP contribution is -2.58. The second kappa shape index (κ2) is 18.0. The molecule has 2 aromatic rings. The van der Waals surface area contributed by atoms with Gasteiger partial charge in [-0.15, -0.1) is 0 Å². The van der Waals surface area contributed by atoms with E-state index in [9.17, 15) is 27.6 Å². The molecule has 308 valence electrons. The molecule has 0 bridgehead atoms. The lowest BCUT2D eigenvalue weighted by atomic mass is 10.0. The second-order valence-electron chi connectivity index (χ2n) is 15.6. The zero-order valence-corrected chi connectivity index (χ0v) is 33.2. The van der Waals surface area contributed by atoms with Crippen LogP contribution in [-0.2, 0) is 51.7 Å². The van der Waals surface area contributed by atoms with E-state index in [1.807, 2.05) is 29.3 Å². The summed E-state index contributed by atoms with van der Waals surface area (Å²) < 4.78 is 45.9. The number of rotatable bonds is 10. The molecule has 2 aromatic carbocycles. The van der Waals surface area contributed by atoms with E-state index < -0.39 is 63.5 Å². The Hall–Kier alpha value is -4.51. The molecule has 5 aliphatic rings. The van der Waals surface area contributed by atoms with Crippen molar-refractivity contribution >= 4 is 33.8 Å². The highest BCUT2D eigenvalue weighted by Gasteiger charge is 2.61. The van der Waals surface area contributed by atoms with E-state index in [0.717, 1.165) is 44.9 Å². The molecule has 16 heteroatoms. The number of hydrogen-bond acceptors (Lipinski definition) is 11. The summed E-state index contributed by atoms with van der Waals surface area (Å²) in [6, 6.07) is 11.7. The minimum atomic E-state index is -4.31. The first-order valence-corrected chi connectivity index (χ1v) is 21.6. The Labute approximate surface area is 333 Å². The number of fused-ring (bicyclic) bond motifs is 3. The molecule has 2 saturated carbocycles. The van der Waals surface area contributed by atoms with E-state index in [1.165, 1.54) is 47.4 Å². The van der Waals surface area contributed by atoms with E-state index >= 15 is 0 Å². The topological polar surface area (TPSA) is 182 Å². The fourth-order valence-electron chi connectivity index (χ4n) is 8.34. The molecule has 0 spiro atoms. The fraction of sp³-hybridized carbons (Fsp3) is 0.561. The van der Waals surface area contributed by atoms with Crippen LogP contribution in [0.25, 0.3) is 0 Å². The van der Waals surface area contributed by atoms with Gasteiger partial charge in [-0.25, -0.2) is 17.9 Å². The lowest BCUT2D eigenvalue weighted by Gasteiger charge is -2.30. The minimum Gasteiger partial charge on any atom is -0.497 e. The number of nitrogens with zero attached hydrogens (tertiary/aromatic N) is 2. The number of amides is 4.